The minimum atomic E-state index is -1.17. The molecule has 0 bridgehead atoms. The van der Waals surface area contributed by atoms with Gasteiger partial charge in [-0.25, -0.2) is 0 Å². The summed E-state index contributed by atoms with van der Waals surface area (Å²) in [5.41, 5.74) is 1.08. The smallest absolute Gasteiger partial charge is 0.545 e. The van der Waals surface area contributed by atoms with Crippen molar-refractivity contribution >= 4 is 18.0 Å². The van der Waals surface area contributed by atoms with Crippen molar-refractivity contribution in [3.63, 3.8) is 0 Å². The zero-order valence-electron chi connectivity index (χ0n) is 11.3. The van der Waals surface area contributed by atoms with Crippen molar-refractivity contribution in [3.8, 4) is 0 Å². The predicted molar refractivity (Wildman–Crippen MR) is 71.3 cm³/mol. The van der Waals surface area contributed by atoms with Crippen LogP contribution in [0.15, 0.2) is 66.7 Å². The van der Waals surface area contributed by atoms with Crippen LogP contribution in [0.5, 0.6) is 0 Å². The number of aliphatic carboxylic acids is 1. The Labute approximate surface area is 135 Å². The number of rotatable bonds is 3. The first-order valence-electron chi connectivity index (χ1n) is 5.80. The van der Waals surface area contributed by atoms with Gasteiger partial charge in [0.2, 0.25) is 0 Å². The molecule has 0 heterocycles. The zero-order chi connectivity index (χ0) is 14.8. The second kappa shape index (κ2) is 10.5. The van der Waals surface area contributed by atoms with Crippen LogP contribution in [0.2, 0.25) is 0 Å². The van der Waals surface area contributed by atoms with Crippen LogP contribution in [0, 0.1) is 0 Å². The van der Waals surface area contributed by atoms with E-state index in [1.807, 2.05) is 30.3 Å². The third-order valence-corrected chi connectivity index (χ3v) is 2.22. The van der Waals surface area contributed by atoms with Gasteiger partial charge in [0.25, 0.3) is 0 Å². The van der Waals surface area contributed by atoms with E-state index in [4.69, 9.17) is 0 Å². The molecule has 0 aliphatic carbocycles. The first kappa shape index (κ1) is 18.7. The Kier molecular flexibility index (Phi) is 9.39. The summed E-state index contributed by atoms with van der Waals surface area (Å²) >= 11 is 0. The van der Waals surface area contributed by atoms with E-state index < -0.39 is 11.9 Å². The fraction of sp³-hybridized carbons (Fsp3) is 0. The molecule has 102 valence electrons. The van der Waals surface area contributed by atoms with Crippen molar-refractivity contribution in [1.29, 1.82) is 0 Å². The number of hydrogen-bond acceptors (Lipinski definition) is 4. The fourth-order valence-corrected chi connectivity index (χ4v) is 1.30. The van der Waals surface area contributed by atoms with Gasteiger partial charge in [-0.3, -0.25) is 0 Å². The monoisotopic (exact) mass is 332 g/mol. The maximum absolute atomic E-state index is 10.1. The van der Waals surface area contributed by atoms with Crippen molar-refractivity contribution in [2.24, 2.45) is 0 Å². The van der Waals surface area contributed by atoms with Crippen LogP contribution in [-0.4, -0.2) is 11.9 Å². The average Bonchev–Trinajstić information content (AvgIpc) is 2.48. The number of carbonyl (C=O) groups excluding carboxylic acids is 2. The number of hydrogen-bond donors (Lipinski definition) is 0. The van der Waals surface area contributed by atoms with Crippen LogP contribution in [0.4, 0.5) is 0 Å². The van der Waals surface area contributed by atoms with Crippen molar-refractivity contribution in [2.75, 3.05) is 0 Å². The van der Waals surface area contributed by atoms with Crippen molar-refractivity contribution < 1.29 is 39.3 Å². The quantitative estimate of drug-likeness (QED) is 0.605. The molecule has 0 aliphatic rings. The third-order valence-electron chi connectivity index (χ3n) is 2.22. The van der Waals surface area contributed by atoms with E-state index in [0.717, 1.165) is 11.6 Å². The van der Waals surface area contributed by atoms with Crippen molar-refractivity contribution in [1.82, 2.24) is 0 Å². The molecule has 0 spiro atoms. The van der Waals surface area contributed by atoms with Gasteiger partial charge in [0.05, 0.1) is 11.9 Å². The van der Waals surface area contributed by atoms with E-state index in [0.29, 0.717) is 0 Å². The summed E-state index contributed by atoms with van der Waals surface area (Å²) in [5, 5.41) is 20.1. The van der Waals surface area contributed by atoms with Crippen LogP contribution in [0.1, 0.15) is 15.9 Å². The summed E-state index contributed by atoms with van der Waals surface area (Å²) in [5.74, 6) is -2.30. The topological polar surface area (TPSA) is 80.3 Å². The molecule has 2 rings (SSSR count). The van der Waals surface area contributed by atoms with Gasteiger partial charge in [-0.1, -0.05) is 66.7 Å². The van der Waals surface area contributed by atoms with E-state index in [-0.39, 0.29) is 25.0 Å². The molecular weight excluding hydrogens is 322 g/mol. The van der Waals surface area contributed by atoms with Gasteiger partial charge >= 0.3 is 19.5 Å². The van der Waals surface area contributed by atoms with Crippen molar-refractivity contribution in [3.05, 3.63) is 77.9 Å². The molecule has 21 heavy (non-hydrogen) atoms. The largest absolute Gasteiger partial charge is 2.00 e. The van der Waals surface area contributed by atoms with E-state index in [2.05, 4.69) is 0 Å². The molecule has 2 aromatic carbocycles. The Bertz CT molecular complexity index is 580. The summed E-state index contributed by atoms with van der Waals surface area (Å²) in [4.78, 5) is 20.1. The molecule has 0 saturated heterocycles. The van der Waals surface area contributed by atoms with Crippen LogP contribution >= 0.6 is 0 Å². The number of carbonyl (C=O) groups is 2. The van der Waals surface area contributed by atoms with Crippen LogP contribution < -0.4 is 10.2 Å². The zero-order valence-corrected chi connectivity index (χ0v) is 14.2. The molecule has 0 unspecified atom stereocenters. The third kappa shape index (κ3) is 8.50. The van der Waals surface area contributed by atoms with E-state index in [1.54, 1.807) is 18.2 Å². The normalized spacial score (nSPS) is 9.14. The van der Waals surface area contributed by atoms with Gasteiger partial charge in [-0.05, 0) is 17.2 Å². The Morgan fingerprint density at radius 2 is 1.29 bits per heavy atom. The standard InChI is InChI=1S/C9H8O2.C7H6O2.Zn/c10-9(11)7-6-8-4-2-1-3-5-8;8-7(9)6-4-2-1-3-5-6;/h1-7H,(H,10,11);1-5H,(H,8,9);/q;;+2/p-2. The molecule has 0 amide bonds. The Morgan fingerprint density at radius 1 is 0.810 bits per heavy atom. The van der Waals surface area contributed by atoms with Crippen LogP contribution in [0.3, 0.4) is 0 Å². The van der Waals surface area contributed by atoms with E-state index in [1.165, 1.54) is 18.2 Å². The number of benzene rings is 2. The number of aromatic carboxylic acids is 1. The van der Waals surface area contributed by atoms with Gasteiger partial charge in [0.1, 0.15) is 0 Å². The minimum absolute atomic E-state index is 0. The summed E-state index contributed by atoms with van der Waals surface area (Å²) < 4.78 is 0. The van der Waals surface area contributed by atoms with Gasteiger partial charge in [-0.15, -0.1) is 0 Å². The number of carboxylic acid groups (broad SMARTS) is 2. The van der Waals surface area contributed by atoms with Gasteiger partial charge in [0, 0.05) is 0 Å². The maximum atomic E-state index is 10.1. The Morgan fingerprint density at radius 3 is 1.67 bits per heavy atom. The predicted octanol–water partition coefficient (Wildman–Crippen LogP) is 0.497. The van der Waals surface area contributed by atoms with Crippen LogP contribution in [0.25, 0.3) is 6.08 Å². The molecule has 0 saturated carbocycles. The Balaban J connectivity index is 0.000000370. The van der Waals surface area contributed by atoms with Crippen LogP contribution in [-0.2, 0) is 24.3 Å². The molecule has 0 fully saturated rings. The summed E-state index contributed by atoms with van der Waals surface area (Å²) in [6, 6.07) is 17.3. The molecule has 0 atom stereocenters. The number of carboxylic acids is 2. The van der Waals surface area contributed by atoms with Gasteiger partial charge < -0.3 is 19.8 Å². The molecule has 4 nitrogen and oxygen atoms in total. The molecule has 2 aromatic rings. The molecule has 0 N–H and O–H groups in total. The average molecular weight is 334 g/mol. The summed E-state index contributed by atoms with van der Waals surface area (Å²) in [6.45, 7) is 0. The van der Waals surface area contributed by atoms with Gasteiger partial charge in [0.15, 0.2) is 0 Å². The molecule has 0 aromatic heterocycles. The first-order valence-corrected chi connectivity index (χ1v) is 5.80. The molecular formula is C16H12O4Zn. The maximum Gasteiger partial charge on any atom is 2.00 e. The Hall–Kier alpha value is -2.26. The minimum Gasteiger partial charge on any atom is -0.545 e. The second-order valence-corrected chi connectivity index (χ2v) is 3.72. The second-order valence-electron chi connectivity index (χ2n) is 3.72. The molecule has 0 aliphatic heterocycles. The van der Waals surface area contributed by atoms with Crippen molar-refractivity contribution in [2.45, 2.75) is 0 Å². The fourth-order valence-electron chi connectivity index (χ4n) is 1.30. The summed E-state index contributed by atoms with van der Waals surface area (Å²) in [6.07, 6.45) is 2.50. The molecule has 5 heteroatoms. The van der Waals surface area contributed by atoms with E-state index in [9.17, 15) is 19.8 Å². The first-order chi connectivity index (χ1) is 9.59. The SMILES string of the molecule is O=C([O-])C=Cc1ccccc1.O=C([O-])c1ccccc1.[Zn+2]. The summed E-state index contributed by atoms with van der Waals surface area (Å²) in [7, 11) is 0. The van der Waals surface area contributed by atoms with Gasteiger partial charge in [-0.2, -0.15) is 0 Å². The molecule has 0 radical (unpaired) electrons. The van der Waals surface area contributed by atoms with E-state index >= 15 is 0 Å².